The van der Waals surface area contributed by atoms with E-state index in [1.807, 2.05) is 0 Å². The van der Waals surface area contributed by atoms with Crippen molar-refractivity contribution in [2.24, 2.45) is 0 Å². The second kappa shape index (κ2) is 12.9. The molecule has 0 atom stereocenters. The minimum absolute atomic E-state index is 0.0468. The number of fused-ring (bicyclic) bond motifs is 4. The summed E-state index contributed by atoms with van der Waals surface area (Å²) in [5.41, 5.74) is -0.578. The van der Waals surface area contributed by atoms with E-state index in [0.29, 0.717) is 0 Å². The van der Waals surface area contributed by atoms with Crippen molar-refractivity contribution in [3.8, 4) is 11.5 Å². The molecule has 0 unspecified atom stereocenters. The Hall–Kier alpha value is -7.74. The number of anilines is 4. The van der Waals surface area contributed by atoms with Gasteiger partial charge in [0.1, 0.15) is 21.5 Å². The lowest BCUT2D eigenvalue weighted by Crippen LogP contribution is -2.35. The molecule has 10 rings (SSSR count). The standard InChI is InChI=1S/C44H20Cl2N4O9/c45-33-31(19-17-29(47-37(51)21-9-1-2-10-22(21)38(47)52)35(33)49-41(55)25-13-5-6-14-26(25)42(49)56)59-32-20-18-30(48-39(53)23-11-3-4-12-24(23)40(48)54)36(34(32)46)50-43(57)27-15-7-8-16-28(27)44(50)58/h1-20H. The fourth-order valence-electron chi connectivity index (χ4n) is 7.73. The van der Waals surface area contributed by atoms with Crippen LogP contribution in [-0.2, 0) is 0 Å². The first kappa shape index (κ1) is 35.7. The van der Waals surface area contributed by atoms with Gasteiger partial charge in [0.15, 0.2) is 0 Å². The Labute approximate surface area is 342 Å². The maximum Gasteiger partial charge on any atom is 0.266 e. The number of benzene rings is 6. The van der Waals surface area contributed by atoms with Gasteiger partial charge in [-0.15, -0.1) is 0 Å². The van der Waals surface area contributed by atoms with Crippen molar-refractivity contribution in [2.75, 3.05) is 19.6 Å². The van der Waals surface area contributed by atoms with Crippen LogP contribution in [0.1, 0.15) is 82.9 Å². The number of hydrogen-bond acceptors (Lipinski definition) is 9. The highest BCUT2D eigenvalue weighted by Gasteiger charge is 2.46. The molecule has 6 aromatic carbocycles. The van der Waals surface area contributed by atoms with Crippen molar-refractivity contribution in [2.45, 2.75) is 0 Å². The van der Waals surface area contributed by atoms with Gasteiger partial charge in [-0.1, -0.05) is 71.7 Å². The molecule has 0 N–H and O–H groups in total. The molecule has 0 aliphatic carbocycles. The molecule has 0 bridgehead atoms. The third-order valence-corrected chi connectivity index (χ3v) is 11.2. The predicted molar refractivity (Wildman–Crippen MR) is 213 cm³/mol. The smallest absolute Gasteiger partial charge is 0.266 e. The first-order chi connectivity index (χ1) is 28.5. The summed E-state index contributed by atoms with van der Waals surface area (Å²) in [7, 11) is 0. The molecule has 8 amide bonds. The number of carbonyl (C=O) groups is 8. The van der Waals surface area contributed by atoms with E-state index in [-0.39, 0.29) is 78.8 Å². The highest BCUT2D eigenvalue weighted by atomic mass is 35.5. The lowest BCUT2D eigenvalue weighted by atomic mass is 10.1. The predicted octanol–water partition coefficient (Wildman–Crippen LogP) is 7.99. The second-order valence-electron chi connectivity index (χ2n) is 13.6. The number of hydrogen-bond donors (Lipinski definition) is 0. The first-order valence-electron chi connectivity index (χ1n) is 17.7. The van der Waals surface area contributed by atoms with Crippen molar-refractivity contribution in [1.82, 2.24) is 0 Å². The zero-order chi connectivity index (χ0) is 41.0. The van der Waals surface area contributed by atoms with E-state index in [4.69, 9.17) is 27.9 Å². The van der Waals surface area contributed by atoms with Crippen LogP contribution in [0.4, 0.5) is 22.7 Å². The van der Waals surface area contributed by atoms with Crippen molar-refractivity contribution < 1.29 is 43.1 Å². The molecule has 4 aliphatic heterocycles. The molecule has 0 saturated heterocycles. The quantitative estimate of drug-likeness (QED) is 0.152. The van der Waals surface area contributed by atoms with Crippen LogP contribution in [0, 0.1) is 0 Å². The molecule has 4 aliphatic rings. The molecule has 0 fully saturated rings. The summed E-state index contributed by atoms with van der Waals surface area (Å²) in [6.45, 7) is 0. The number of halogens is 2. The third-order valence-electron chi connectivity index (χ3n) is 10.4. The summed E-state index contributed by atoms with van der Waals surface area (Å²) in [5, 5.41) is -0.812. The Balaban J connectivity index is 1.13. The van der Waals surface area contributed by atoms with Crippen LogP contribution in [0.5, 0.6) is 11.5 Å². The van der Waals surface area contributed by atoms with E-state index in [0.717, 1.165) is 19.6 Å². The number of amides is 8. The van der Waals surface area contributed by atoms with E-state index < -0.39 is 57.3 Å². The van der Waals surface area contributed by atoms with Crippen molar-refractivity contribution >= 4 is 93.2 Å². The Morgan fingerprint density at radius 3 is 0.763 bits per heavy atom. The van der Waals surface area contributed by atoms with Crippen LogP contribution in [0.25, 0.3) is 0 Å². The van der Waals surface area contributed by atoms with E-state index in [2.05, 4.69) is 0 Å². The van der Waals surface area contributed by atoms with Crippen molar-refractivity contribution in [3.05, 3.63) is 176 Å². The molecular formula is C44H20Cl2N4O9. The summed E-state index contributed by atoms with van der Waals surface area (Å²) in [6, 6.07) is 29.4. The molecule has 284 valence electrons. The van der Waals surface area contributed by atoms with Gasteiger partial charge in [-0.2, -0.15) is 0 Å². The number of ether oxygens (including phenoxy) is 1. The number of imide groups is 4. The second-order valence-corrected chi connectivity index (χ2v) is 14.3. The fraction of sp³-hybridized carbons (Fsp3) is 0. The molecule has 13 nitrogen and oxygen atoms in total. The Morgan fingerprint density at radius 1 is 0.305 bits per heavy atom. The number of rotatable bonds is 6. The van der Waals surface area contributed by atoms with Crippen LogP contribution in [-0.4, -0.2) is 47.3 Å². The molecule has 0 spiro atoms. The average molecular weight is 820 g/mol. The van der Waals surface area contributed by atoms with Gasteiger partial charge in [-0.05, 0) is 72.8 Å². The van der Waals surface area contributed by atoms with Gasteiger partial charge in [0.05, 0.1) is 67.3 Å². The van der Waals surface area contributed by atoms with Gasteiger partial charge in [0, 0.05) is 0 Å². The average Bonchev–Trinajstić information content (AvgIpc) is 3.86. The summed E-state index contributed by atoms with van der Waals surface area (Å²) >= 11 is 14.1. The van der Waals surface area contributed by atoms with Crippen LogP contribution in [0.15, 0.2) is 121 Å². The molecule has 0 radical (unpaired) electrons. The van der Waals surface area contributed by atoms with Crippen LogP contribution in [0.3, 0.4) is 0 Å². The molecule has 6 aromatic rings. The summed E-state index contributed by atoms with van der Waals surface area (Å²) < 4.78 is 6.26. The third kappa shape index (κ3) is 4.92. The van der Waals surface area contributed by atoms with E-state index in [1.54, 1.807) is 48.5 Å². The highest BCUT2D eigenvalue weighted by Crippen LogP contribution is 2.51. The Bertz CT molecular complexity index is 2710. The van der Waals surface area contributed by atoms with E-state index in [9.17, 15) is 38.4 Å². The van der Waals surface area contributed by atoms with Crippen molar-refractivity contribution in [3.63, 3.8) is 0 Å². The van der Waals surface area contributed by atoms with Crippen LogP contribution >= 0.6 is 23.2 Å². The first-order valence-corrected chi connectivity index (χ1v) is 18.5. The highest BCUT2D eigenvalue weighted by molar-refractivity contribution is 6.45. The Morgan fingerprint density at radius 2 is 0.525 bits per heavy atom. The largest absolute Gasteiger partial charge is 0.454 e. The minimum Gasteiger partial charge on any atom is -0.454 e. The molecular weight excluding hydrogens is 799 g/mol. The lowest BCUT2D eigenvalue weighted by molar-refractivity contribution is 0.0904. The Kier molecular flexibility index (Phi) is 7.79. The summed E-state index contributed by atoms with van der Waals surface area (Å²) in [5.74, 6) is -6.59. The SMILES string of the molecule is O=C1c2ccccc2C(=O)N1c1ccc(Oc2ccc(N3C(=O)c4ccccc4C3=O)c(N3C(=O)c4ccccc4C3=O)c2Cl)c(Cl)c1N1C(=O)c2ccccc2C1=O. The maximum atomic E-state index is 13.9. The number of nitrogens with zero attached hydrogens (tertiary/aromatic N) is 4. The number of carbonyl (C=O) groups excluding carboxylic acids is 8. The van der Waals surface area contributed by atoms with Crippen LogP contribution < -0.4 is 24.3 Å². The molecule has 59 heavy (non-hydrogen) atoms. The minimum atomic E-state index is -0.793. The topological polar surface area (TPSA) is 159 Å². The van der Waals surface area contributed by atoms with Gasteiger partial charge in [0.2, 0.25) is 0 Å². The molecule has 4 heterocycles. The van der Waals surface area contributed by atoms with Crippen LogP contribution in [0.2, 0.25) is 10.0 Å². The summed E-state index contributed by atoms with van der Waals surface area (Å²) in [6.07, 6.45) is 0. The normalized spacial score (nSPS) is 15.4. The summed E-state index contributed by atoms with van der Waals surface area (Å²) in [4.78, 5) is 114. The van der Waals surface area contributed by atoms with Gasteiger partial charge < -0.3 is 4.74 Å². The fourth-order valence-corrected chi connectivity index (χ4v) is 8.30. The zero-order valence-electron chi connectivity index (χ0n) is 29.8. The van der Waals surface area contributed by atoms with E-state index >= 15 is 0 Å². The van der Waals surface area contributed by atoms with Gasteiger partial charge in [0.25, 0.3) is 47.3 Å². The molecule has 0 aromatic heterocycles. The lowest BCUT2D eigenvalue weighted by Gasteiger charge is -2.27. The molecule has 15 heteroatoms. The zero-order valence-corrected chi connectivity index (χ0v) is 31.3. The maximum absolute atomic E-state index is 13.9. The van der Waals surface area contributed by atoms with Crippen molar-refractivity contribution in [1.29, 1.82) is 0 Å². The van der Waals surface area contributed by atoms with E-state index in [1.165, 1.54) is 72.8 Å². The van der Waals surface area contributed by atoms with Gasteiger partial charge in [-0.25, -0.2) is 19.6 Å². The van der Waals surface area contributed by atoms with Gasteiger partial charge in [-0.3, -0.25) is 38.4 Å². The van der Waals surface area contributed by atoms with Gasteiger partial charge >= 0.3 is 0 Å². The molecule has 0 saturated carbocycles. The monoisotopic (exact) mass is 818 g/mol.